The number of hydrogen-bond acceptors (Lipinski definition) is 5. The molecule has 0 aliphatic carbocycles. The van der Waals surface area contributed by atoms with E-state index >= 15 is 0 Å². The Morgan fingerprint density at radius 3 is 2.29 bits per heavy atom. The summed E-state index contributed by atoms with van der Waals surface area (Å²) in [7, 11) is 0. The minimum atomic E-state index is -0.558. The maximum Gasteiger partial charge on any atom is 0.271 e. The van der Waals surface area contributed by atoms with Gasteiger partial charge in [-0.3, -0.25) is 14.4 Å². The Kier molecular flexibility index (Phi) is 6.94. The Morgan fingerprint density at radius 1 is 0.935 bits per heavy atom. The average Bonchev–Trinajstić information content (AvgIpc) is 3.27. The van der Waals surface area contributed by atoms with Crippen molar-refractivity contribution in [3.05, 3.63) is 87.1 Å². The predicted octanol–water partition coefficient (Wildman–Crippen LogP) is 3.82. The molecule has 0 fully saturated rings. The van der Waals surface area contributed by atoms with Gasteiger partial charge in [-0.05, 0) is 61.4 Å². The first-order chi connectivity index (χ1) is 14.9. The standard InChI is InChI=1S/C23H22N4O3S/c1-3-20-12-18(13-31-20)22(29)25-19-6-4-5-17(11-19)14(2)26-27-23(30)16-9-7-15(8-10-16)21(24)28/h4-13H,3H2,1-2H3,(H2,24,28)(H,25,29)(H,27,30)/b26-14+. The van der Waals surface area contributed by atoms with Crippen LogP contribution in [0.4, 0.5) is 5.69 Å². The van der Waals surface area contributed by atoms with E-state index in [-0.39, 0.29) is 5.91 Å². The van der Waals surface area contributed by atoms with Crippen LogP contribution in [-0.2, 0) is 6.42 Å². The monoisotopic (exact) mass is 434 g/mol. The second-order valence-electron chi connectivity index (χ2n) is 6.77. The van der Waals surface area contributed by atoms with E-state index in [2.05, 4.69) is 15.8 Å². The lowest BCUT2D eigenvalue weighted by Crippen LogP contribution is -2.20. The van der Waals surface area contributed by atoms with Crippen molar-refractivity contribution in [2.24, 2.45) is 10.8 Å². The van der Waals surface area contributed by atoms with E-state index in [0.717, 1.165) is 16.9 Å². The van der Waals surface area contributed by atoms with Crippen LogP contribution in [0.15, 0.2) is 65.1 Å². The van der Waals surface area contributed by atoms with Crippen LogP contribution in [0.3, 0.4) is 0 Å². The zero-order valence-corrected chi connectivity index (χ0v) is 18.0. The summed E-state index contributed by atoms with van der Waals surface area (Å²) >= 11 is 1.56. The third kappa shape index (κ3) is 5.64. The Labute approximate surface area is 184 Å². The summed E-state index contributed by atoms with van der Waals surface area (Å²) in [5.41, 5.74) is 10.9. The van der Waals surface area contributed by atoms with Gasteiger partial charge in [-0.1, -0.05) is 19.1 Å². The minimum absolute atomic E-state index is 0.171. The van der Waals surface area contributed by atoms with E-state index < -0.39 is 11.8 Å². The van der Waals surface area contributed by atoms with Crippen LogP contribution in [0.2, 0.25) is 0 Å². The van der Waals surface area contributed by atoms with Crippen molar-refractivity contribution in [3.63, 3.8) is 0 Å². The van der Waals surface area contributed by atoms with Crippen LogP contribution in [0.1, 0.15) is 55.4 Å². The second-order valence-corrected chi connectivity index (χ2v) is 7.77. The first-order valence-electron chi connectivity index (χ1n) is 9.61. The Bertz CT molecular complexity index is 1150. The first-order valence-corrected chi connectivity index (χ1v) is 10.5. The van der Waals surface area contributed by atoms with Crippen molar-refractivity contribution in [1.29, 1.82) is 0 Å². The molecule has 8 heteroatoms. The second kappa shape index (κ2) is 9.82. The van der Waals surface area contributed by atoms with Gasteiger partial charge in [-0.25, -0.2) is 5.43 Å². The molecular formula is C23H22N4O3S. The highest BCUT2D eigenvalue weighted by molar-refractivity contribution is 7.10. The molecule has 7 nitrogen and oxygen atoms in total. The number of benzene rings is 2. The highest BCUT2D eigenvalue weighted by Crippen LogP contribution is 2.18. The summed E-state index contributed by atoms with van der Waals surface area (Å²) in [6.45, 7) is 3.80. The summed E-state index contributed by atoms with van der Waals surface area (Å²) in [5.74, 6) is -1.14. The molecule has 0 aliphatic heterocycles. The Hall–Kier alpha value is -3.78. The predicted molar refractivity (Wildman–Crippen MR) is 123 cm³/mol. The molecule has 3 amide bonds. The maximum absolute atomic E-state index is 12.4. The fourth-order valence-electron chi connectivity index (χ4n) is 2.76. The topological polar surface area (TPSA) is 114 Å². The number of carbonyl (C=O) groups excluding carboxylic acids is 3. The van der Waals surface area contributed by atoms with Crippen molar-refractivity contribution in [2.45, 2.75) is 20.3 Å². The zero-order chi connectivity index (χ0) is 22.4. The number of thiophene rings is 1. The number of amides is 3. The zero-order valence-electron chi connectivity index (χ0n) is 17.1. The van der Waals surface area contributed by atoms with Crippen molar-refractivity contribution in [1.82, 2.24) is 5.43 Å². The number of anilines is 1. The van der Waals surface area contributed by atoms with E-state index in [0.29, 0.717) is 28.1 Å². The quantitative estimate of drug-likeness (QED) is 0.388. The number of rotatable bonds is 7. The molecule has 0 saturated carbocycles. The Balaban J connectivity index is 1.66. The Morgan fingerprint density at radius 2 is 1.65 bits per heavy atom. The summed E-state index contributed by atoms with van der Waals surface area (Å²) in [4.78, 5) is 37.0. The highest BCUT2D eigenvalue weighted by Gasteiger charge is 2.10. The lowest BCUT2D eigenvalue weighted by Gasteiger charge is -2.07. The van der Waals surface area contributed by atoms with E-state index in [1.54, 1.807) is 36.5 Å². The summed E-state index contributed by atoms with van der Waals surface area (Å²) in [6, 6.07) is 15.1. The molecular weight excluding hydrogens is 412 g/mol. The summed E-state index contributed by atoms with van der Waals surface area (Å²) in [5, 5.41) is 8.86. The van der Waals surface area contributed by atoms with Gasteiger partial charge in [-0.15, -0.1) is 11.3 Å². The fraction of sp³-hybridized carbons (Fsp3) is 0.130. The summed E-state index contributed by atoms with van der Waals surface area (Å²) < 4.78 is 0. The molecule has 0 aliphatic rings. The molecule has 0 unspecified atom stereocenters. The van der Waals surface area contributed by atoms with Gasteiger partial charge < -0.3 is 11.1 Å². The van der Waals surface area contributed by atoms with Crippen LogP contribution in [0.25, 0.3) is 0 Å². The smallest absolute Gasteiger partial charge is 0.271 e. The third-order valence-electron chi connectivity index (χ3n) is 4.56. The van der Waals surface area contributed by atoms with E-state index in [1.165, 1.54) is 24.3 Å². The molecule has 158 valence electrons. The van der Waals surface area contributed by atoms with Gasteiger partial charge in [0.15, 0.2) is 0 Å². The maximum atomic E-state index is 12.4. The molecule has 1 heterocycles. The lowest BCUT2D eigenvalue weighted by molar-refractivity contribution is 0.0951. The molecule has 3 rings (SSSR count). The van der Waals surface area contributed by atoms with E-state index in [4.69, 9.17) is 5.73 Å². The fourth-order valence-corrected chi connectivity index (χ4v) is 3.58. The van der Waals surface area contributed by atoms with Crippen molar-refractivity contribution in [2.75, 3.05) is 5.32 Å². The number of hydrazone groups is 1. The lowest BCUT2D eigenvalue weighted by atomic mass is 10.1. The number of carbonyl (C=O) groups is 3. The molecule has 0 radical (unpaired) electrons. The molecule has 0 spiro atoms. The largest absolute Gasteiger partial charge is 0.366 e. The molecule has 0 atom stereocenters. The average molecular weight is 435 g/mol. The normalized spacial score (nSPS) is 11.1. The number of aryl methyl sites for hydroxylation is 1. The number of primary amides is 1. The first kappa shape index (κ1) is 21.9. The van der Waals surface area contributed by atoms with Gasteiger partial charge in [0.25, 0.3) is 11.8 Å². The van der Waals surface area contributed by atoms with Gasteiger partial charge in [0.1, 0.15) is 0 Å². The molecule has 1 aromatic heterocycles. The van der Waals surface area contributed by atoms with Gasteiger partial charge in [0.2, 0.25) is 5.91 Å². The SMILES string of the molecule is CCc1cc(C(=O)Nc2cccc(/C(C)=N/NC(=O)c3ccc(C(N)=O)cc3)c2)cs1. The molecule has 2 aromatic carbocycles. The molecule has 0 bridgehead atoms. The van der Waals surface area contributed by atoms with Crippen LogP contribution in [-0.4, -0.2) is 23.4 Å². The molecule has 4 N–H and O–H groups in total. The van der Waals surface area contributed by atoms with E-state index in [1.807, 2.05) is 24.4 Å². The highest BCUT2D eigenvalue weighted by atomic mass is 32.1. The molecule has 0 saturated heterocycles. The van der Waals surface area contributed by atoms with Crippen LogP contribution in [0.5, 0.6) is 0 Å². The number of nitrogens with one attached hydrogen (secondary N) is 2. The van der Waals surface area contributed by atoms with Gasteiger partial charge in [0.05, 0.1) is 11.3 Å². The van der Waals surface area contributed by atoms with Crippen LogP contribution >= 0.6 is 11.3 Å². The van der Waals surface area contributed by atoms with E-state index in [9.17, 15) is 14.4 Å². The van der Waals surface area contributed by atoms with Crippen molar-refractivity contribution in [3.8, 4) is 0 Å². The number of hydrogen-bond donors (Lipinski definition) is 3. The summed E-state index contributed by atoms with van der Waals surface area (Å²) in [6.07, 6.45) is 0.893. The number of nitrogens with two attached hydrogens (primary N) is 1. The van der Waals surface area contributed by atoms with Crippen LogP contribution < -0.4 is 16.5 Å². The molecule has 31 heavy (non-hydrogen) atoms. The third-order valence-corrected chi connectivity index (χ3v) is 5.64. The number of nitrogens with zero attached hydrogens (tertiary/aromatic N) is 1. The van der Waals surface area contributed by atoms with Gasteiger partial charge in [-0.2, -0.15) is 5.10 Å². The van der Waals surface area contributed by atoms with Crippen molar-refractivity contribution < 1.29 is 14.4 Å². The van der Waals surface area contributed by atoms with Gasteiger partial charge in [0, 0.05) is 27.1 Å². The van der Waals surface area contributed by atoms with Crippen molar-refractivity contribution >= 4 is 40.5 Å². The molecule has 3 aromatic rings. The minimum Gasteiger partial charge on any atom is -0.366 e. The van der Waals surface area contributed by atoms with Gasteiger partial charge >= 0.3 is 0 Å². The van der Waals surface area contributed by atoms with Crippen LogP contribution in [0, 0.1) is 0 Å².